The molecule has 4 nitrogen and oxygen atoms in total. The molecular formula is C22H28N2O2. The van der Waals surface area contributed by atoms with E-state index in [2.05, 4.69) is 41.8 Å². The van der Waals surface area contributed by atoms with E-state index in [1.54, 1.807) is 7.11 Å². The lowest BCUT2D eigenvalue weighted by Gasteiger charge is -2.20. The average molecular weight is 352 g/mol. The van der Waals surface area contributed by atoms with Gasteiger partial charge in [0.25, 0.3) is 0 Å². The Morgan fingerprint density at radius 1 is 1.15 bits per heavy atom. The summed E-state index contributed by atoms with van der Waals surface area (Å²) < 4.78 is 5.33. The Bertz CT molecular complexity index is 742. The lowest BCUT2D eigenvalue weighted by molar-refractivity contribution is -0.114. The molecule has 3 atom stereocenters. The van der Waals surface area contributed by atoms with Gasteiger partial charge in [-0.25, -0.2) is 0 Å². The molecule has 138 valence electrons. The van der Waals surface area contributed by atoms with Crippen molar-refractivity contribution in [2.75, 3.05) is 12.4 Å². The topological polar surface area (TPSA) is 50.4 Å². The van der Waals surface area contributed by atoms with E-state index in [1.807, 2.05) is 24.3 Å². The fourth-order valence-electron chi connectivity index (χ4n) is 3.84. The van der Waals surface area contributed by atoms with Crippen molar-refractivity contribution in [3.05, 3.63) is 59.7 Å². The molecule has 26 heavy (non-hydrogen) atoms. The summed E-state index contributed by atoms with van der Waals surface area (Å²) in [6.07, 6.45) is 3.53. The predicted molar refractivity (Wildman–Crippen MR) is 106 cm³/mol. The third-order valence-corrected chi connectivity index (χ3v) is 5.21. The van der Waals surface area contributed by atoms with Crippen LogP contribution in [0.3, 0.4) is 0 Å². The van der Waals surface area contributed by atoms with E-state index in [4.69, 9.17) is 4.74 Å². The summed E-state index contributed by atoms with van der Waals surface area (Å²) in [6, 6.07) is 17.4. The van der Waals surface area contributed by atoms with Crippen molar-refractivity contribution in [1.29, 1.82) is 0 Å². The highest BCUT2D eigenvalue weighted by Gasteiger charge is 2.27. The monoisotopic (exact) mass is 352 g/mol. The zero-order valence-electron chi connectivity index (χ0n) is 15.8. The van der Waals surface area contributed by atoms with Crippen molar-refractivity contribution in [2.24, 2.45) is 0 Å². The largest absolute Gasteiger partial charge is 0.497 e. The Morgan fingerprint density at radius 2 is 1.92 bits per heavy atom. The molecular weight excluding hydrogens is 324 g/mol. The molecule has 0 aliphatic heterocycles. The maximum absolute atomic E-state index is 11.1. The van der Waals surface area contributed by atoms with Crippen LogP contribution < -0.4 is 15.4 Å². The zero-order chi connectivity index (χ0) is 18.5. The third-order valence-electron chi connectivity index (χ3n) is 5.21. The highest BCUT2D eigenvalue weighted by molar-refractivity contribution is 5.88. The molecule has 1 aliphatic carbocycles. The van der Waals surface area contributed by atoms with E-state index in [-0.39, 0.29) is 5.91 Å². The number of amides is 1. The number of rotatable bonds is 6. The normalized spacial score (nSPS) is 20.6. The number of anilines is 1. The molecule has 0 bridgehead atoms. The van der Waals surface area contributed by atoms with Crippen LogP contribution in [-0.2, 0) is 4.79 Å². The minimum Gasteiger partial charge on any atom is -0.497 e. The van der Waals surface area contributed by atoms with Crippen molar-refractivity contribution in [2.45, 2.75) is 51.1 Å². The summed E-state index contributed by atoms with van der Waals surface area (Å²) in [6.45, 7) is 3.75. The van der Waals surface area contributed by atoms with Gasteiger partial charge < -0.3 is 15.4 Å². The Kier molecular flexibility index (Phi) is 5.94. The third kappa shape index (κ3) is 4.64. The molecule has 3 rings (SSSR count). The number of carbonyl (C=O) groups is 1. The lowest BCUT2D eigenvalue weighted by Crippen LogP contribution is -2.29. The number of hydrogen-bond donors (Lipinski definition) is 2. The van der Waals surface area contributed by atoms with Crippen LogP contribution in [0.25, 0.3) is 0 Å². The molecule has 1 saturated carbocycles. The highest BCUT2D eigenvalue weighted by atomic mass is 16.5. The quantitative estimate of drug-likeness (QED) is 0.796. The predicted octanol–water partition coefficient (Wildman–Crippen LogP) is 4.64. The van der Waals surface area contributed by atoms with Crippen LogP contribution >= 0.6 is 0 Å². The van der Waals surface area contributed by atoms with Gasteiger partial charge >= 0.3 is 0 Å². The first kappa shape index (κ1) is 18.5. The van der Waals surface area contributed by atoms with E-state index in [0.717, 1.165) is 17.9 Å². The van der Waals surface area contributed by atoms with Gasteiger partial charge in [0.2, 0.25) is 5.91 Å². The number of carbonyl (C=O) groups excluding carboxylic acids is 1. The second-order valence-electron chi connectivity index (χ2n) is 7.18. The van der Waals surface area contributed by atoms with Gasteiger partial charge in [-0.1, -0.05) is 24.3 Å². The molecule has 2 aromatic rings. The van der Waals surface area contributed by atoms with E-state index in [9.17, 15) is 4.79 Å². The standard InChI is InChI=1S/C22H28N2O2/c1-15(18-5-4-6-22(14-18)26-3)23-21-12-9-19(13-21)17-7-10-20(11-8-17)24-16(2)25/h4-8,10-11,14-15,19,21,23H,9,12-13H2,1-3H3,(H,24,25)/t15-,19?,21?/m1/s1. The SMILES string of the molecule is COc1cccc([C@@H](C)NC2CCC(c3ccc(NC(C)=O)cc3)C2)c1. The molecule has 1 fully saturated rings. The molecule has 2 aromatic carbocycles. The van der Waals surface area contributed by atoms with Gasteiger partial charge in [-0.15, -0.1) is 0 Å². The summed E-state index contributed by atoms with van der Waals surface area (Å²) in [5, 5.41) is 6.59. The highest BCUT2D eigenvalue weighted by Crippen LogP contribution is 2.36. The molecule has 0 spiro atoms. The number of ether oxygens (including phenoxy) is 1. The molecule has 2 N–H and O–H groups in total. The molecule has 2 unspecified atom stereocenters. The summed E-state index contributed by atoms with van der Waals surface area (Å²) in [7, 11) is 1.70. The molecule has 1 amide bonds. The van der Waals surface area contributed by atoms with Crippen molar-refractivity contribution in [3.8, 4) is 5.75 Å². The van der Waals surface area contributed by atoms with E-state index < -0.39 is 0 Å². The summed E-state index contributed by atoms with van der Waals surface area (Å²) >= 11 is 0. The zero-order valence-corrected chi connectivity index (χ0v) is 15.8. The Hall–Kier alpha value is -2.33. The van der Waals surface area contributed by atoms with Gasteiger partial charge in [-0.2, -0.15) is 0 Å². The minimum atomic E-state index is -0.0330. The number of benzene rings is 2. The number of hydrogen-bond acceptors (Lipinski definition) is 3. The molecule has 0 aromatic heterocycles. The smallest absolute Gasteiger partial charge is 0.221 e. The second-order valence-corrected chi connectivity index (χ2v) is 7.18. The number of methoxy groups -OCH3 is 1. The molecule has 0 radical (unpaired) electrons. The van der Waals surface area contributed by atoms with Crippen LogP contribution in [0, 0.1) is 0 Å². The van der Waals surface area contributed by atoms with Crippen molar-refractivity contribution in [1.82, 2.24) is 5.32 Å². The molecule has 0 heterocycles. The van der Waals surface area contributed by atoms with Crippen molar-refractivity contribution in [3.63, 3.8) is 0 Å². The average Bonchev–Trinajstić information content (AvgIpc) is 3.10. The first-order chi connectivity index (χ1) is 12.5. The van der Waals surface area contributed by atoms with Crippen LogP contribution in [0.1, 0.15) is 56.2 Å². The van der Waals surface area contributed by atoms with Crippen molar-refractivity contribution < 1.29 is 9.53 Å². The Balaban J connectivity index is 1.57. The maximum atomic E-state index is 11.1. The fraction of sp³-hybridized carbons (Fsp3) is 0.409. The van der Waals surface area contributed by atoms with Gasteiger partial charge in [0.05, 0.1) is 7.11 Å². The van der Waals surface area contributed by atoms with Gasteiger partial charge in [0.15, 0.2) is 0 Å². The van der Waals surface area contributed by atoms with Crippen LogP contribution in [0.4, 0.5) is 5.69 Å². The van der Waals surface area contributed by atoms with E-state index in [1.165, 1.54) is 30.9 Å². The van der Waals surface area contributed by atoms with Gasteiger partial charge in [-0.05, 0) is 67.5 Å². The second kappa shape index (κ2) is 8.37. The lowest BCUT2D eigenvalue weighted by atomic mass is 9.97. The summed E-state index contributed by atoms with van der Waals surface area (Å²) in [5.41, 5.74) is 3.48. The first-order valence-electron chi connectivity index (χ1n) is 9.32. The van der Waals surface area contributed by atoms with Crippen LogP contribution in [-0.4, -0.2) is 19.1 Å². The molecule has 1 aliphatic rings. The maximum Gasteiger partial charge on any atom is 0.221 e. The fourth-order valence-corrected chi connectivity index (χ4v) is 3.84. The first-order valence-corrected chi connectivity index (χ1v) is 9.32. The summed E-state index contributed by atoms with van der Waals surface area (Å²) in [4.78, 5) is 11.1. The van der Waals surface area contributed by atoms with Crippen LogP contribution in [0.5, 0.6) is 5.75 Å². The molecule has 4 heteroatoms. The van der Waals surface area contributed by atoms with E-state index >= 15 is 0 Å². The van der Waals surface area contributed by atoms with Gasteiger partial charge in [0.1, 0.15) is 5.75 Å². The van der Waals surface area contributed by atoms with Gasteiger partial charge in [0, 0.05) is 24.7 Å². The van der Waals surface area contributed by atoms with E-state index in [0.29, 0.717) is 18.0 Å². The molecule has 0 saturated heterocycles. The van der Waals surface area contributed by atoms with Crippen LogP contribution in [0.15, 0.2) is 48.5 Å². The summed E-state index contributed by atoms with van der Waals surface area (Å²) in [5.74, 6) is 1.45. The number of nitrogens with one attached hydrogen (secondary N) is 2. The Labute approximate surface area is 156 Å². The van der Waals surface area contributed by atoms with Crippen LogP contribution in [0.2, 0.25) is 0 Å². The minimum absolute atomic E-state index is 0.0330. The van der Waals surface area contributed by atoms with Gasteiger partial charge in [-0.3, -0.25) is 4.79 Å². The Morgan fingerprint density at radius 3 is 2.62 bits per heavy atom. The van der Waals surface area contributed by atoms with Crippen molar-refractivity contribution >= 4 is 11.6 Å².